The Kier molecular flexibility index (Phi) is 10.2. The summed E-state index contributed by atoms with van der Waals surface area (Å²) in [5.41, 5.74) is 10.9. The summed E-state index contributed by atoms with van der Waals surface area (Å²) in [5.74, 6) is -1.94. The highest BCUT2D eigenvalue weighted by molar-refractivity contribution is 5.91. The highest BCUT2D eigenvalue weighted by Gasteiger charge is 2.27. The quantitative estimate of drug-likeness (QED) is 0.324. The van der Waals surface area contributed by atoms with Crippen LogP contribution in [0.3, 0.4) is 0 Å². The summed E-state index contributed by atoms with van der Waals surface area (Å²) >= 11 is 0. The molecule has 0 aromatic heterocycles. The van der Waals surface area contributed by atoms with Crippen LogP contribution in [0.2, 0.25) is 0 Å². The smallest absolute Gasteiger partial charge is 0.326 e. The molecule has 3 atom stereocenters. The number of aliphatic carboxylic acids is 1. The predicted molar refractivity (Wildman–Crippen MR) is 87.5 cm³/mol. The van der Waals surface area contributed by atoms with Crippen molar-refractivity contribution in [2.45, 2.75) is 64.6 Å². The molecule has 0 spiro atoms. The Labute approximate surface area is 137 Å². The standard InChI is InChI=1S/C15H30N4O4/c1-9(2)8-12(15(22)23)19-14(21)11(6-4-5-7-16)18-13(20)10(3)17/h9-12H,4-8,16-17H2,1-3H3,(H,18,20)(H,19,21)(H,22,23)/t10-,11-,12-/m0/s1. The lowest BCUT2D eigenvalue weighted by Gasteiger charge is -2.23. The van der Waals surface area contributed by atoms with E-state index >= 15 is 0 Å². The van der Waals surface area contributed by atoms with E-state index in [1.807, 2.05) is 13.8 Å². The first-order valence-corrected chi connectivity index (χ1v) is 7.98. The van der Waals surface area contributed by atoms with Crippen LogP contribution in [0.5, 0.6) is 0 Å². The zero-order valence-corrected chi connectivity index (χ0v) is 14.2. The Morgan fingerprint density at radius 2 is 1.57 bits per heavy atom. The fourth-order valence-electron chi connectivity index (χ4n) is 2.03. The zero-order valence-electron chi connectivity index (χ0n) is 14.2. The minimum atomic E-state index is -1.09. The predicted octanol–water partition coefficient (Wildman–Crippen LogP) is -0.437. The number of unbranched alkanes of at least 4 members (excludes halogenated alkanes) is 1. The third-order valence-electron chi connectivity index (χ3n) is 3.32. The van der Waals surface area contributed by atoms with Gasteiger partial charge in [0.25, 0.3) is 0 Å². The summed E-state index contributed by atoms with van der Waals surface area (Å²) in [6, 6.07) is -2.54. The van der Waals surface area contributed by atoms with Gasteiger partial charge in [-0.25, -0.2) is 4.79 Å². The molecule has 0 radical (unpaired) electrons. The number of carbonyl (C=O) groups excluding carboxylic acids is 2. The van der Waals surface area contributed by atoms with E-state index in [2.05, 4.69) is 10.6 Å². The first kappa shape index (κ1) is 21.3. The van der Waals surface area contributed by atoms with E-state index in [9.17, 15) is 19.5 Å². The number of nitrogens with two attached hydrogens (primary N) is 2. The van der Waals surface area contributed by atoms with Gasteiger partial charge in [-0.05, 0) is 45.1 Å². The number of nitrogens with one attached hydrogen (secondary N) is 2. The Hall–Kier alpha value is -1.67. The largest absolute Gasteiger partial charge is 0.480 e. The van der Waals surface area contributed by atoms with E-state index < -0.39 is 35.9 Å². The number of carbonyl (C=O) groups is 3. The molecule has 0 fully saturated rings. The van der Waals surface area contributed by atoms with Crippen LogP contribution in [0.1, 0.15) is 46.5 Å². The first-order valence-electron chi connectivity index (χ1n) is 7.98. The van der Waals surface area contributed by atoms with Crippen molar-refractivity contribution in [1.82, 2.24) is 10.6 Å². The number of amides is 2. The Bertz CT molecular complexity index is 399. The first-order chi connectivity index (χ1) is 10.7. The summed E-state index contributed by atoms with van der Waals surface area (Å²) in [6.45, 7) is 5.75. The van der Waals surface area contributed by atoms with Crippen molar-refractivity contribution in [2.75, 3.05) is 6.54 Å². The average molecular weight is 330 g/mol. The average Bonchev–Trinajstić information content (AvgIpc) is 2.44. The molecule has 0 unspecified atom stereocenters. The molecule has 0 saturated carbocycles. The molecular weight excluding hydrogens is 300 g/mol. The molecule has 0 bridgehead atoms. The second-order valence-electron chi connectivity index (χ2n) is 6.16. The van der Waals surface area contributed by atoms with Gasteiger partial charge in [-0.2, -0.15) is 0 Å². The summed E-state index contributed by atoms with van der Waals surface area (Å²) in [4.78, 5) is 35.3. The van der Waals surface area contributed by atoms with E-state index in [0.717, 1.165) is 0 Å². The molecule has 8 nitrogen and oxygen atoms in total. The molecule has 2 amide bonds. The van der Waals surface area contributed by atoms with Crippen molar-refractivity contribution in [1.29, 1.82) is 0 Å². The molecule has 0 aliphatic heterocycles. The fraction of sp³-hybridized carbons (Fsp3) is 0.800. The number of hydrogen-bond donors (Lipinski definition) is 5. The van der Waals surface area contributed by atoms with Gasteiger partial charge in [0.1, 0.15) is 12.1 Å². The van der Waals surface area contributed by atoms with Gasteiger partial charge in [-0.3, -0.25) is 9.59 Å². The molecule has 23 heavy (non-hydrogen) atoms. The third kappa shape index (κ3) is 9.14. The van der Waals surface area contributed by atoms with Crippen molar-refractivity contribution in [3.8, 4) is 0 Å². The van der Waals surface area contributed by atoms with E-state index in [1.165, 1.54) is 6.92 Å². The zero-order chi connectivity index (χ0) is 18.0. The molecule has 0 aliphatic carbocycles. The van der Waals surface area contributed by atoms with Gasteiger partial charge >= 0.3 is 5.97 Å². The van der Waals surface area contributed by atoms with E-state index in [-0.39, 0.29) is 5.92 Å². The summed E-state index contributed by atoms with van der Waals surface area (Å²) in [7, 11) is 0. The minimum Gasteiger partial charge on any atom is -0.480 e. The highest BCUT2D eigenvalue weighted by atomic mass is 16.4. The minimum absolute atomic E-state index is 0.116. The summed E-state index contributed by atoms with van der Waals surface area (Å²) in [6.07, 6.45) is 2.06. The van der Waals surface area contributed by atoms with Crippen LogP contribution in [0.15, 0.2) is 0 Å². The topological polar surface area (TPSA) is 148 Å². The second kappa shape index (κ2) is 11.0. The van der Waals surface area contributed by atoms with Gasteiger partial charge in [0.05, 0.1) is 6.04 Å². The van der Waals surface area contributed by atoms with Crippen molar-refractivity contribution >= 4 is 17.8 Å². The highest BCUT2D eigenvalue weighted by Crippen LogP contribution is 2.07. The Morgan fingerprint density at radius 3 is 2.00 bits per heavy atom. The maximum Gasteiger partial charge on any atom is 0.326 e. The van der Waals surface area contributed by atoms with Gasteiger partial charge < -0.3 is 27.2 Å². The molecule has 8 heteroatoms. The molecule has 0 saturated heterocycles. The van der Waals surface area contributed by atoms with Gasteiger partial charge in [-0.1, -0.05) is 13.8 Å². The van der Waals surface area contributed by atoms with Gasteiger partial charge in [0.15, 0.2) is 0 Å². The van der Waals surface area contributed by atoms with E-state index in [4.69, 9.17) is 11.5 Å². The maximum atomic E-state index is 12.3. The molecule has 0 aromatic carbocycles. The van der Waals surface area contributed by atoms with E-state index in [0.29, 0.717) is 32.2 Å². The van der Waals surface area contributed by atoms with Crippen molar-refractivity contribution in [3.05, 3.63) is 0 Å². The number of carboxylic acids is 1. The van der Waals surface area contributed by atoms with Crippen molar-refractivity contribution in [2.24, 2.45) is 17.4 Å². The number of rotatable bonds is 11. The van der Waals surface area contributed by atoms with Crippen LogP contribution in [0.25, 0.3) is 0 Å². The summed E-state index contributed by atoms with van der Waals surface area (Å²) < 4.78 is 0. The molecule has 0 rings (SSSR count). The molecule has 0 aliphatic rings. The molecule has 0 heterocycles. The van der Waals surface area contributed by atoms with Gasteiger partial charge in [0.2, 0.25) is 11.8 Å². The normalized spacial score (nSPS) is 14.9. The maximum absolute atomic E-state index is 12.3. The van der Waals surface area contributed by atoms with Crippen LogP contribution in [-0.4, -0.2) is 47.6 Å². The molecular formula is C15H30N4O4. The lowest BCUT2D eigenvalue weighted by Crippen LogP contribution is -2.54. The van der Waals surface area contributed by atoms with E-state index in [1.54, 1.807) is 0 Å². The van der Waals surface area contributed by atoms with Crippen LogP contribution < -0.4 is 22.1 Å². The van der Waals surface area contributed by atoms with Crippen molar-refractivity contribution < 1.29 is 19.5 Å². The lowest BCUT2D eigenvalue weighted by atomic mass is 10.0. The third-order valence-corrected chi connectivity index (χ3v) is 3.32. The van der Waals surface area contributed by atoms with Crippen LogP contribution in [-0.2, 0) is 14.4 Å². The Balaban J connectivity index is 4.86. The van der Waals surface area contributed by atoms with Gasteiger partial charge in [-0.15, -0.1) is 0 Å². The number of hydrogen-bond acceptors (Lipinski definition) is 5. The fourth-order valence-corrected chi connectivity index (χ4v) is 2.03. The number of carboxylic acid groups (broad SMARTS) is 1. The SMILES string of the molecule is CC(C)C[C@H](NC(=O)[C@H](CCCCN)NC(=O)[C@H](C)N)C(=O)O. The van der Waals surface area contributed by atoms with Gasteiger partial charge in [0, 0.05) is 0 Å². The van der Waals surface area contributed by atoms with Crippen LogP contribution >= 0.6 is 0 Å². The molecule has 7 N–H and O–H groups in total. The Morgan fingerprint density at radius 1 is 1.00 bits per heavy atom. The van der Waals surface area contributed by atoms with Crippen LogP contribution in [0.4, 0.5) is 0 Å². The monoisotopic (exact) mass is 330 g/mol. The van der Waals surface area contributed by atoms with Crippen LogP contribution in [0, 0.1) is 5.92 Å². The molecule has 0 aromatic rings. The summed E-state index contributed by atoms with van der Waals surface area (Å²) in [5, 5.41) is 14.3. The lowest BCUT2D eigenvalue weighted by molar-refractivity contribution is -0.142. The second-order valence-corrected chi connectivity index (χ2v) is 6.16. The van der Waals surface area contributed by atoms with Crippen molar-refractivity contribution in [3.63, 3.8) is 0 Å². The molecule has 134 valence electrons.